The molecule has 1 aromatic heterocycles. The minimum atomic E-state index is -1.21. The van der Waals surface area contributed by atoms with E-state index >= 15 is 0 Å². The zero-order valence-corrected chi connectivity index (χ0v) is 12.7. The number of aromatic amines is 1. The van der Waals surface area contributed by atoms with Gasteiger partial charge in [-0.1, -0.05) is 0 Å². The largest absolute Gasteiger partial charge is 2.00 e. The van der Waals surface area contributed by atoms with Gasteiger partial charge in [-0.15, -0.1) is 0 Å². The molecular formula is C11H15MnN3O4S. The molecule has 1 radical (unpaired) electrons. The molecule has 0 unspecified atom stereocenters. The molecule has 9 heteroatoms. The maximum Gasteiger partial charge on any atom is 2.00 e. The first-order valence-corrected chi connectivity index (χ1v) is 6.69. The number of hydrogen-bond donors (Lipinski definition) is 2. The van der Waals surface area contributed by atoms with E-state index < -0.39 is 18.0 Å². The monoisotopic (exact) mass is 340 g/mol. The van der Waals surface area contributed by atoms with Crippen LogP contribution in [0.4, 0.5) is 0 Å². The average Bonchev–Trinajstić information content (AvgIpc) is 2.87. The number of nitrogens with zero attached hydrogens (tertiary/aromatic N) is 1. The molecular weight excluding hydrogens is 325 g/mol. The smallest absolute Gasteiger partial charge is 0.548 e. The predicted molar refractivity (Wildman–Crippen MR) is 68.6 cm³/mol. The Balaban J connectivity index is 0. The van der Waals surface area contributed by atoms with Gasteiger partial charge in [-0.2, -0.15) is 11.8 Å². The van der Waals surface area contributed by atoms with Crippen LogP contribution in [0.3, 0.4) is 0 Å². The van der Waals surface area contributed by atoms with E-state index in [2.05, 4.69) is 9.97 Å². The van der Waals surface area contributed by atoms with E-state index in [4.69, 9.17) is 5.73 Å². The molecule has 3 N–H and O–H groups in total. The van der Waals surface area contributed by atoms with Gasteiger partial charge in [-0.25, -0.2) is 4.98 Å². The van der Waals surface area contributed by atoms with Crippen molar-refractivity contribution in [1.82, 2.24) is 9.97 Å². The molecule has 111 valence electrons. The summed E-state index contributed by atoms with van der Waals surface area (Å²) >= 11 is 1.58. The summed E-state index contributed by atoms with van der Waals surface area (Å²) in [4.78, 5) is 26.2. The maximum atomic E-state index is 9.96. The number of carbonyl (C=O) groups is 2. The van der Waals surface area contributed by atoms with Crippen LogP contribution < -0.4 is 15.9 Å². The van der Waals surface area contributed by atoms with E-state index in [9.17, 15) is 19.8 Å². The average molecular weight is 340 g/mol. The van der Waals surface area contributed by atoms with Gasteiger partial charge in [0, 0.05) is 6.04 Å². The molecule has 20 heavy (non-hydrogen) atoms. The van der Waals surface area contributed by atoms with Gasteiger partial charge in [0.2, 0.25) is 0 Å². The number of nitrogens with one attached hydrogen (secondary N) is 1. The number of rotatable bonds is 6. The predicted octanol–water partition coefficient (Wildman–Crippen LogP) is -2.01. The van der Waals surface area contributed by atoms with Crippen molar-refractivity contribution >= 4 is 29.8 Å². The second-order valence-electron chi connectivity index (χ2n) is 3.37. The Morgan fingerprint density at radius 3 is 2.60 bits per heavy atom. The van der Waals surface area contributed by atoms with E-state index in [-0.39, 0.29) is 17.1 Å². The molecule has 0 aromatic carbocycles. The standard InChI is InChI=1S/C6H6N2O2.C5H11NO2S.Mn/c9-6(10)2-1-5-3-7-4-8-5;1-9-3-2-4(6)5(7)8;/h1-4H,(H,7,8)(H,9,10);4H,2-3,6H2,1H3,(H,7,8);/q;;+2/p-2/t;4-;/m.0./s1. The number of carboxylic acid groups (broad SMARTS) is 2. The summed E-state index contributed by atoms with van der Waals surface area (Å²) in [6.07, 6.45) is 7.69. The van der Waals surface area contributed by atoms with Gasteiger partial charge in [-0.05, 0) is 30.6 Å². The molecule has 7 nitrogen and oxygen atoms in total. The number of carboxylic acids is 2. The molecule has 0 fully saturated rings. The fourth-order valence-corrected chi connectivity index (χ4v) is 1.37. The number of hydrogen-bond acceptors (Lipinski definition) is 7. The van der Waals surface area contributed by atoms with Crippen molar-refractivity contribution < 1.29 is 36.9 Å². The minimum Gasteiger partial charge on any atom is -0.548 e. The minimum absolute atomic E-state index is 0. The van der Waals surface area contributed by atoms with Gasteiger partial charge < -0.3 is 30.5 Å². The van der Waals surface area contributed by atoms with Crippen LogP contribution >= 0.6 is 11.8 Å². The van der Waals surface area contributed by atoms with Crippen molar-refractivity contribution in [2.75, 3.05) is 12.0 Å². The second kappa shape index (κ2) is 12.7. The maximum absolute atomic E-state index is 9.96. The first-order valence-electron chi connectivity index (χ1n) is 5.30. The van der Waals surface area contributed by atoms with E-state index in [1.807, 2.05) is 6.26 Å². The molecule has 1 atom stereocenters. The molecule has 0 spiro atoms. The van der Waals surface area contributed by atoms with Gasteiger partial charge in [0.1, 0.15) is 0 Å². The SMILES string of the molecule is CSCC[C@H](N)C(=O)[O-].O=C([O-])C=Cc1cnc[nH]1.[Mn+2]. The van der Waals surface area contributed by atoms with Crippen LogP contribution in [-0.4, -0.2) is 40.0 Å². The number of nitrogens with two attached hydrogens (primary N) is 1. The summed E-state index contributed by atoms with van der Waals surface area (Å²) in [7, 11) is 0. The summed E-state index contributed by atoms with van der Waals surface area (Å²) in [6, 6.07) is -0.794. The van der Waals surface area contributed by atoms with Crippen LogP contribution in [0, 0.1) is 0 Å². The number of H-pyrrole nitrogens is 1. The third-order valence-electron chi connectivity index (χ3n) is 1.85. The second-order valence-corrected chi connectivity index (χ2v) is 4.35. The Labute approximate surface area is 131 Å². The molecule has 1 aromatic rings. The van der Waals surface area contributed by atoms with Crippen LogP contribution in [0.2, 0.25) is 0 Å². The fourth-order valence-electron chi connectivity index (χ4n) is 0.878. The first-order chi connectivity index (χ1) is 8.97. The van der Waals surface area contributed by atoms with Gasteiger partial charge in [0.15, 0.2) is 0 Å². The number of aromatic nitrogens is 2. The van der Waals surface area contributed by atoms with Crippen LogP contribution in [0.25, 0.3) is 6.08 Å². The van der Waals surface area contributed by atoms with Crippen molar-refractivity contribution in [3.8, 4) is 0 Å². The topological polar surface area (TPSA) is 135 Å². The van der Waals surface area contributed by atoms with Crippen molar-refractivity contribution in [3.63, 3.8) is 0 Å². The van der Waals surface area contributed by atoms with E-state index in [1.165, 1.54) is 18.6 Å². The van der Waals surface area contributed by atoms with Crippen molar-refractivity contribution in [2.45, 2.75) is 12.5 Å². The van der Waals surface area contributed by atoms with Crippen LogP contribution in [0.15, 0.2) is 18.6 Å². The zero-order valence-electron chi connectivity index (χ0n) is 10.7. The molecule has 0 bridgehead atoms. The quantitative estimate of drug-likeness (QED) is 0.451. The van der Waals surface area contributed by atoms with Crippen LogP contribution in [0.1, 0.15) is 12.1 Å². The molecule has 0 aliphatic carbocycles. The number of imidazole rings is 1. The zero-order chi connectivity index (χ0) is 14.7. The van der Waals surface area contributed by atoms with Crippen LogP contribution in [0.5, 0.6) is 0 Å². The third-order valence-corrected chi connectivity index (χ3v) is 2.50. The Hall–Kier alpha value is -1.28. The Kier molecular flexibility index (Phi) is 13.4. The van der Waals surface area contributed by atoms with Gasteiger partial charge >= 0.3 is 17.1 Å². The van der Waals surface area contributed by atoms with Crippen molar-refractivity contribution in [3.05, 3.63) is 24.3 Å². The fraction of sp³-hybridized carbons (Fsp3) is 0.364. The summed E-state index contributed by atoms with van der Waals surface area (Å²) in [6.45, 7) is 0. The number of carbonyl (C=O) groups excluding carboxylic acids is 2. The summed E-state index contributed by atoms with van der Waals surface area (Å²) < 4.78 is 0. The molecule has 0 amide bonds. The van der Waals surface area contributed by atoms with Crippen LogP contribution in [-0.2, 0) is 26.7 Å². The Bertz CT molecular complexity index is 412. The third kappa shape index (κ3) is 11.8. The Morgan fingerprint density at radius 2 is 2.20 bits per heavy atom. The van der Waals surface area contributed by atoms with E-state index in [0.717, 1.165) is 11.8 Å². The van der Waals surface area contributed by atoms with E-state index in [1.54, 1.807) is 11.8 Å². The normalized spacial score (nSPS) is 11.1. The number of thioether (sulfide) groups is 1. The molecule has 0 aliphatic rings. The molecule has 0 aliphatic heterocycles. The summed E-state index contributed by atoms with van der Waals surface area (Å²) in [5.74, 6) is -1.60. The molecule has 0 saturated heterocycles. The summed E-state index contributed by atoms with van der Waals surface area (Å²) in [5.41, 5.74) is 5.77. The van der Waals surface area contributed by atoms with Gasteiger partial charge in [0.05, 0.1) is 30.2 Å². The van der Waals surface area contributed by atoms with Gasteiger partial charge in [0.25, 0.3) is 0 Å². The number of aliphatic carboxylic acids is 2. The first kappa shape index (κ1) is 21.0. The van der Waals surface area contributed by atoms with Crippen molar-refractivity contribution in [2.24, 2.45) is 5.73 Å². The summed E-state index contributed by atoms with van der Waals surface area (Å²) in [5, 5.41) is 19.8. The molecule has 1 rings (SSSR count). The molecule has 0 saturated carbocycles. The Morgan fingerprint density at radius 1 is 1.55 bits per heavy atom. The van der Waals surface area contributed by atoms with Gasteiger partial charge in [-0.3, -0.25) is 0 Å². The van der Waals surface area contributed by atoms with Crippen molar-refractivity contribution in [1.29, 1.82) is 0 Å². The van der Waals surface area contributed by atoms with E-state index in [0.29, 0.717) is 12.1 Å². The molecule has 1 heterocycles.